The van der Waals surface area contributed by atoms with Gasteiger partial charge in [-0.25, -0.2) is 4.79 Å². The van der Waals surface area contributed by atoms with Crippen molar-refractivity contribution in [1.82, 2.24) is 4.98 Å². The summed E-state index contributed by atoms with van der Waals surface area (Å²) in [4.78, 5) is 15.2. The Balaban J connectivity index is 1.64. The number of benzene rings is 3. The summed E-state index contributed by atoms with van der Waals surface area (Å²) in [6.07, 6.45) is 4.61. The zero-order chi connectivity index (χ0) is 23.9. The maximum absolute atomic E-state index is 11.1. The molecule has 4 rings (SSSR count). The number of rotatable bonds is 8. The lowest BCUT2D eigenvalue weighted by Gasteiger charge is -2.21. The lowest BCUT2D eigenvalue weighted by atomic mass is 9.83. The second kappa shape index (κ2) is 10.6. The minimum atomic E-state index is -0.934. The summed E-state index contributed by atoms with van der Waals surface area (Å²) < 4.78 is 0. The van der Waals surface area contributed by atoms with Gasteiger partial charge in [-0.1, -0.05) is 65.8 Å². The highest BCUT2D eigenvalue weighted by Crippen LogP contribution is 2.33. The van der Waals surface area contributed by atoms with Gasteiger partial charge in [-0.05, 0) is 64.6 Å². The predicted molar refractivity (Wildman–Crippen MR) is 134 cm³/mol. The van der Waals surface area contributed by atoms with E-state index in [1.807, 2.05) is 36.4 Å². The van der Waals surface area contributed by atoms with Crippen LogP contribution in [-0.2, 0) is 6.42 Å². The molecule has 0 aliphatic carbocycles. The van der Waals surface area contributed by atoms with Crippen LogP contribution in [0.15, 0.2) is 102 Å². The fourth-order valence-corrected chi connectivity index (χ4v) is 4.22. The van der Waals surface area contributed by atoms with Crippen molar-refractivity contribution >= 4 is 11.7 Å². The van der Waals surface area contributed by atoms with Gasteiger partial charge in [0.15, 0.2) is 0 Å². The van der Waals surface area contributed by atoms with E-state index < -0.39 is 5.97 Å². The number of pyridine rings is 1. The van der Waals surface area contributed by atoms with Crippen molar-refractivity contribution in [1.29, 1.82) is 0 Å². The van der Waals surface area contributed by atoms with Gasteiger partial charge in [-0.3, -0.25) is 4.98 Å². The number of carboxylic acids is 1. The van der Waals surface area contributed by atoms with Gasteiger partial charge in [0.25, 0.3) is 0 Å². The summed E-state index contributed by atoms with van der Waals surface area (Å²) >= 11 is 0. The molecular formula is C29H26N2O3. The molecule has 2 N–H and O–H groups in total. The van der Waals surface area contributed by atoms with Crippen molar-refractivity contribution in [3.8, 4) is 11.1 Å². The van der Waals surface area contributed by atoms with E-state index in [0.717, 1.165) is 22.3 Å². The highest BCUT2D eigenvalue weighted by Gasteiger charge is 2.20. The lowest BCUT2D eigenvalue weighted by molar-refractivity contribution is 0.0697. The number of oxime groups is 1. The van der Waals surface area contributed by atoms with Crippen molar-refractivity contribution < 1.29 is 15.1 Å². The van der Waals surface area contributed by atoms with Crippen LogP contribution in [0.4, 0.5) is 0 Å². The molecule has 0 bridgehead atoms. The molecule has 3 aromatic carbocycles. The Morgan fingerprint density at radius 3 is 2.09 bits per heavy atom. The van der Waals surface area contributed by atoms with Gasteiger partial charge in [0.1, 0.15) is 0 Å². The molecule has 1 heterocycles. The third-order valence-corrected chi connectivity index (χ3v) is 6.08. The molecule has 0 saturated heterocycles. The third kappa shape index (κ3) is 5.38. The summed E-state index contributed by atoms with van der Waals surface area (Å²) in [7, 11) is 0. The van der Waals surface area contributed by atoms with Crippen LogP contribution in [0.25, 0.3) is 11.1 Å². The quantitative estimate of drug-likeness (QED) is 0.186. The normalized spacial score (nSPS) is 12.3. The highest BCUT2D eigenvalue weighted by atomic mass is 16.4. The number of aromatic carboxylic acids is 1. The fraction of sp³-hybridized carbons (Fsp3) is 0.138. The van der Waals surface area contributed by atoms with E-state index in [4.69, 9.17) is 5.11 Å². The van der Waals surface area contributed by atoms with Gasteiger partial charge in [-0.15, -0.1) is 0 Å². The van der Waals surface area contributed by atoms with Crippen LogP contribution < -0.4 is 0 Å². The van der Waals surface area contributed by atoms with Crippen molar-refractivity contribution in [2.45, 2.75) is 25.7 Å². The van der Waals surface area contributed by atoms with Crippen LogP contribution in [0.1, 0.15) is 45.0 Å². The Labute approximate surface area is 199 Å². The lowest BCUT2D eigenvalue weighted by Crippen LogP contribution is -2.12. The number of aromatic nitrogens is 1. The van der Waals surface area contributed by atoms with E-state index in [9.17, 15) is 10.0 Å². The maximum Gasteiger partial charge on any atom is 0.335 e. The molecule has 0 amide bonds. The smallest absolute Gasteiger partial charge is 0.335 e. The van der Waals surface area contributed by atoms with E-state index in [-0.39, 0.29) is 11.5 Å². The molecule has 4 aromatic rings. The molecule has 5 heteroatoms. The molecule has 34 heavy (non-hydrogen) atoms. The molecule has 1 atom stereocenters. The summed E-state index contributed by atoms with van der Waals surface area (Å²) in [6.45, 7) is 2.10. The van der Waals surface area contributed by atoms with Crippen LogP contribution in [0.3, 0.4) is 0 Å². The first kappa shape index (κ1) is 22.9. The average Bonchev–Trinajstić information content (AvgIpc) is 2.88. The van der Waals surface area contributed by atoms with Crippen LogP contribution in [0.2, 0.25) is 0 Å². The van der Waals surface area contributed by atoms with E-state index in [1.165, 1.54) is 11.1 Å². The first-order valence-corrected chi connectivity index (χ1v) is 11.1. The molecule has 5 nitrogen and oxygen atoms in total. The standard InChI is InChI=1S/C29H26N2O3/c1-20-4-2-3-5-27(20)28(19-26(31-34)18-21-14-16-30-17-15-21)24-10-6-22(7-11-24)23-8-12-25(13-9-23)29(32)33/h2-17,28,34H,18-19H2,1H3,(H,32,33)/b31-26-/t28-/m1/s1. The van der Waals surface area contributed by atoms with Gasteiger partial charge in [0.2, 0.25) is 0 Å². The first-order chi connectivity index (χ1) is 16.5. The van der Waals surface area contributed by atoms with Gasteiger partial charge in [0.05, 0.1) is 11.3 Å². The summed E-state index contributed by atoms with van der Waals surface area (Å²) in [5.74, 6) is -0.909. The number of carboxylic acid groups (broad SMARTS) is 1. The average molecular weight is 451 g/mol. The molecule has 0 unspecified atom stereocenters. The summed E-state index contributed by atoms with van der Waals surface area (Å²) in [6, 6.07) is 27.3. The van der Waals surface area contributed by atoms with Crippen LogP contribution >= 0.6 is 0 Å². The number of hydrogen-bond donors (Lipinski definition) is 2. The zero-order valence-electron chi connectivity index (χ0n) is 18.9. The Bertz CT molecular complexity index is 1280. The Hall–Kier alpha value is -4.25. The molecule has 0 aliphatic heterocycles. The van der Waals surface area contributed by atoms with Crippen molar-refractivity contribution in [2.75, 3.05) is 0 Å². The predicted octanol–water partition coefficient (Wildman–Crippen LogP) is 6.35. The van der Waals surface area contributed by atoms with Gasteiger partial charge < -0.3 is 10.3 Å². The van der Waals surface area contributed by atoms with Crippen molar-refractivity contribution in [3.63, 3.8) is 0 Å². The Kier molecular flexibility index (Phi) is 7.13. The van der Waals surface area contributed by atoms with E-state index in [1.54, 1.807) is 24.5 Å². The molecular weight excluding hydrogens is 424 g/mol. The number of aryl methyl sites for hydroxylation is 1. The highest BCUT2D eigenvalue weighted by molar-refractivity contribution is 5.88. The summed E-state index contributed by atoms with van der Waals surface area (Å²) in [5, 5.41) is 22.6. The van der Waals surface area contributed by atoms with E-state index in [0.29, 0.717) is 18.6 Å². The van der Waals surface area contributed by atoms with Crippen molar-refractivity contribution in [3.05, 3.63) is 125 Å². The molecule has 0 fully saturated rings. The van der Waals surface area contributed by atoms with Crippen molar-refractivity contribution in [2.24, 2.45) is 5.16 Å². The molecule has 170 valence electrons. The Morgan fingerprint density at radius 2 is 1.50 bits per heavy atom. The van der Waals surface area contributed by atoms with Crippen LogP contribution in [0.5, 0.6) is 0 Å². The van der Waals surface area contributed by atoms with Gasteiger partial charge in [-0.2, -0.15) is 0 Å². The molecule has 0 radical (unpaired) electrons. The van der Waals surface area contributed by atoms with Gasteiger partial charge >= 0.3 is 5.97 Å². The molecule has 1 aromatic heterocycles. The number of carbonyl (C=O) groups is 1. The topological polar surface area (TPSA) is 82.8 Å². The minimum absolute atomic E-state index is 0.0253. The SMILES string of the molecule is Cc1ccccc1[C@H](C/C(Cc1ccncc1)=N\O)c1ccc(-c2ccc(C(=O)O)cc2)cc1. The second-order valence-corrected chi connectivity index (χ2v) is 8.32. The first-order valence-electron chi connectivity index (χ1n) is 11.1. The van der Waals surface area contributed by atoms with Crippen LogP contribution in [-0.4, -0.2) is 27.0 Å². The second-order valence-electron chi connectivity index (χ2n) is 8.32. The third-order valence-electron chi connectivity index (χ3n) is 6.08. The molecule has 0 aliphatic rings. The molecule has 0 spiro atoms. The maximum atomic E-state index is 11.1. The van der Waals surface area contributed by atoms with E-state index >= 15 is 0 Å². The van der Waals surface area contributed by atoms with Gasteiger partial charge in [0, 0.05) is 31.2 Å². The zero-order valence-corrected chi connectivity index (χ0v) is 18.9. The number of hydrogen-bond acceptors (Lipinski definition) is 4. The monoisotopic (exact) mass is 450 g/mol. The summed E-state index contributed by atoms with van der Waals surface area (Å²) in [5.41, 5.74) is 7.48. The van der Waals surface area contributed by atoms with E-state index in [2.05, 4.69) is 53.5 Å². The van der Waals surface area contributed by atoms with Crippen LogP contribution in [0, 0.1) is 6.92 Å². The fourth-order valence-electron chi connectivity index (χ4n) is 4.22. The minimum Gasteiger partial charge on any atom is -0.478 e. The Morgan fingerprint density at radius 1 is 0.882 bits per heavy atom. The number of nitrogens with zero attached hydrogens (tertiary/aromatic N) is 2. The largest absolute Gasteiger partial charge is 0.478 e. The molecule has 0 saturated carbocycles.